The number of aryl methyl sites for hydroxylation is 1. The molecule has 3 nitrogen and oxygen atoms in total. The van der Waals surface area contributed by atoms with Crippen LogP contribution < -0.4 is 11.3 Å². The van der Waals surface area contributed by atoms with Crippen molar-refractivity contribution in [2.45, 2.75) is 17.6 Å². The Bertz CT molecular complexity index is 643. The summed E-state index contributed by atoms with van der Waals surface area (Å²) in [6.07, 6.45) is 0. The number of benzene rings is 1. The predicted molar refractivity (Wildman–Crippen MR) is 76.6 cm³/mol. The molecule has 1 heterocycles. The van der Waals surface area contributed by atoms with Gasteiger partial charge in [-0.05, 0) is 36.8 Å². The maximum atomic E-state index is 13.5. The van der Waals surface area contributed by atoms with Gasteiger partial charge in [-0.25, -0.2) is 14.6 Å². The van der Waals surface area contributed by atoms with Crippen molar-refractivity contribution in [1.29, 1.82) is 0 Å². The van der Waals surface area contributed by atoms with Gasteiger partial charge in [0.05, 0.1) is 4.88 Å². The van der Waals surface area contributed by atoms with Gasteiger partial charge in [0.15, 0.2) is 0 Å². The van der Waals surface area contributed by atoms with Gasteiger partial charge in [-0.1, -0.05) is 0 Å². The molecular weight excluding hydrogens is 302 g/mol. The molecule has 0 aliphatic heterocycles. The van der Waals surface area contributed by atoms with Crippen molar-refractivity contribution in [3.05, 3.63) is 51.2 Å². The number of nitrogens with two attached hydrogens (primary N) is 1. The van der Waals surface area contributed by atoms with E-state index in [9.17, 15) is 13.6 Å². The van der Waals surface area contributed by atoms with E-state index in [0.717, 1.165) is 28.6 Å². The molecule has 2 rings (SSSR count). The summed E-state index contributed by atoms with van der Waals surface area (Å²) in [7, 11) is 0. The Labute approximate surface area is 123 Å². The summed E-state index contributed by atoms with van der Waals surface area (Å²) in [6, 6.07) is 5.06. The maximum absolute atomic E-state index is 13.5. The first-order valence-corrected chi connectivity index (χ1v) is 7.49. The van der Waals surface area contributed by atoms with Gasteiger partial charge in [0.1, 0.15) is 11.6 Å². The number of carbonyl (C=O) groups is 1. The van der Waals surface area contributed by atoms with Crippen molar-refractivity contribution in [3.8, 4) is 0 Å². The zero-order valence-corrected chi connectivity index (χ0v) is 12.2. The fraction of sp³-hybridized carbons (Fsp3) is 0.154. The summed E-state index contributed by atoms with van der Waals surface area (Å²) in [5, 5.41) is 0. The Kier molecular flexibility index (Phi) is 4.74. The van der Waals surface area contributed by atoms with E-state index in [1.165, 1.54) is 23.1 Å². The average Bonchev–Trinajstić information content (AvgIpc) is 2.80. The van der Waals surface area contributed by atoms with Crippen LogP contribution in [0.2, 0.25) is 0 Å². The molecule has 2 aromatic rings. The van der Waals surface area contributed by atoms with E-state index in [2.05, 4.69) is 5.43 Å². The van der Waals surface area contributed by atoms with Crippen LogP contribution in [0.25, 0.3) is 0 Å². The second-order valence-corrected chi connectivity index (χ2v) is 6.30. The van der Waals surface area contributed by atoms with E-state index < -0.39 is 11.6 Å². The number of amides is 1. The molecule has 106 valence electrons. The van der Waals surface area contributed by atoms with Gasteiger partial charge < -0.3 is 0 Å². The van der Waals surface area contributed by atoms with E-state index in [-0.39, 0.29) is 10.8 Å². The number of rotatable bonds is 4. The van der Waals surface area contributed by atoms with Gasteiger partial charge in [0.2, 0.25) is 0 Å². The first-order chi connectivity index (χ1) is 9.51. The number of carbonyl (C=O) groups excluding carboxylic acids is 1. The molecule has 1 aromatic carbocycles. The molecule has 1 amide bonds. The summed E-state index contributed by atoms with van der Waals surface area (Å²) in [5.74, 6) is 4.25. The molecule has 0 atom stereocenters. The number of hydrogen-bond acceptors (Lipinski definition) is 4. The third-order valence-electron chi connectivity index (χ3n) is 2.65. The molecule has 1 aromatic heterocycles. The number of nitrogens with one attached hydrogen (secondary N) is 1. The number of nitrogen functional groups attached to an aromatic ring is 1. The largest absolute Gasteiger partial charge is 0.289 e. The second kappa shape index (κ2) is 6.34. The Morgan fingerprint density at radius 3 is 2.85 bits per heavy atom. The SMILES string of the molecule is Cc1sc(C(=O)NN)cc1CSc1cc(F)ccc1F. The standard InChI is InChI=1S/C13H12F2N2OS2/c1-7-8(4-12(20-7)13(18)17-16)6-19-11-5-9(14)2-3-10(11)15/h2-5H,6,16H2,1H3,(H,17,18). The van der Waals surface area contributed by atoms with Crippen LogP contribution in [0.3, 0.4) is 0 Å². The van der Waals surface area contributed by atoms with Gasteiger partial charge in [-0.2, -0.15) is 0 Å². The quantitative estimate of drug-likeness (QED) is 0.394. The van der Waals surface area contributed by atoms with Crippen LogP contribution in [0.1, 0.15) is 20.1 Å². The maximum Gasteiger partial charge on any atom is 0.275 e. The van der Waals surface area contributed by atoms with Gasteiger partial charge in [0, 0.05) is 15.5 Å². The monoisotopic (exact) mass is 314 g/mol. The summed E-state index contributed by atoms with van der Waals surface area (Å²) in [5.41, 5.74) is 2.97. The molecule has 20 heavy (non-hydrogen) atoms. The van der Waals surface area contributed by atoms with Crippen molar-refractivity contribution in [2.24, 2.45) is 5.84 Å². The summed E-state index contributed by atoms with van der Waals surface area (Å²) >= 11 is 2.51. The minimum absolute atomic E-state index is 0.250. The zero-order chi connectivity index (χ0) is 14.7. The van der Waals surface area contributed by atoms with E-state index in [0.29, 0.717) is 10.6 Å². The lowest BCUT2D eigenvalue weighted by molar-refractivity contribution is 0.0957. The lowest BCUT2D eigenvalue weighted by Crippen LogP contribution is -2.29. The number of thiophene rings is 1. The van der Waals surface area contributed by atoms with Crippen LogP contribution in [0.5, 0.6) is 0 Å². The minimum Gasteiger partial charge on any atom is -0.289 e. The van der Waals surface area contributed by atoms with Crippen molar-refractivity contribution in [2.75, 3.05) is 0 Å². The topological polar surface area (TPSA) is 55.1 Å². The smallest absolute Gasteiger partial charge is 0.275 e. The van der Waals surface area contributed by atoms with Gasteiger partial charge >= 0.3 is 0 Å². The van der Waals surface area contributed by atoms with Crippen LogP contribution in [-0.4, -0.2) is 5.91 Å². The zero-order valence-electron chi connectivity index (χ0n) is 10.6. The summed E-state index contributed by atoms with van der Waals surface area (Å²) in [6.45, 7) is 1.87. The second-order valence-electron chi connectivity index (χ2n) is 4.03. The summed E-state index contributed by atoms with van der Waals surface area (Å²) in [4.78, 5) is 13.1. The van der Waals surface area contributed by atoms with Crippen LogP contribution in [0.15, 0.2) is 29.2 Å². The van der Waals surface area contributed by atoms with Gasteiger partial charge in [-0.3, -0.25) is 10.2 Å². The van der Waals surface area contributed by atoms with Crippen molar-refractivity contribution in [3.63, 3.8) is 0 Å². The van der Waals surface area contributed by atoms with E-state index in [4.69, 9.17) is 5.84 Å². The minimum atomic E-state index is -0.473. The highest BCUT2D eigenvalue weighted by Gasteiger charge is 2.12. The van der Waals surface area contributed by atoms with Gasteiger partial charge in [0.25, 0.3) is 5.91 Å². The molecule has 3 N–H and O–H groups in total. The highest BCUT2D eigenvalue weighted by atomic mass is 32.2. The molecule has 0 spiro atoms. The molecule has 0 fully saturated rings. The molecule has 0 unspecified atom stereocenters. The number of halogens is 2. The number of thioether (sulfide) groups is 1. The van der Waals surface area contributed by atoms with E-state index in [1.54, 1.807) is 6.07 Å². The Morgan fingerprint density at radius 1 is 1.40 bits per heavy atom. The number of hydrogen-bond donors (Lipinski definition) is 2. The van der Waals surface area contributed by atoms with Crippen LogP contribution in [-0.2, 0) is 5.75 Å². The predicted octanol–water partition coefficient (Wildman–Crippen LogP) is 3.23. The lowest BCUT2D eigenvalue weighted by Gasteiger charge is -2.03. The van der Waals surface area contributed by atoms with Crippen LogP contribution in [0.4, 0.5) is 8.78 Å². The molecule has 0 saturated carbocycles. The fourth-order valence-electron chi connectivity index (χ4n) is 1.59. The molecular formula is C13H12F2N2OS2. The van der Waals surface area contributed by atoms with E-state index >= 15 is 0 Å². The molecule has 0 saturated heterocycles. The molecule has 7 heteroatoms. The highest BCUT2D eigenvalue weighted by Crippen LogP contribution is 2.30. The third kappa shape index (κ3) is 3.36. The van der Waals surface area contributed by atoms with Crippen LogP contribution in [0, 0.1) is 18.6 Å². The fourth-order valence-corrected chi connectivity index (χ4v) is 3.64. The molecule has 0 radical (unpaired) electrons. The molecule has 0 bridgehead atoms. The van der Waals surface area contributed by atoms with Crippen molar-refractivity contribution >= 4 is 29.0 Å². The normalized spacial score (nSPS) is 10.6. The Balaban J connectivity index is 2.13. The highest BCUT2D eigenvalue weighted by molar-refractivity contribution is 7.98. The summed E-state index contributed by atoms with van der Waals surface area (Å²) < 4.78 is 26.6. The lowest BCUT2D eigenvalue weighted by atomic mass is 10.3. The van der Waals surface area contributed by atoms with E-state index in [1.807, 2.05) is 6.92 Å². The van der Waals surface area contributed by atoms with Crippen LogP contribution >= 0.6 is 23.1 Å². The molecule has 0 aliphatic carbocycles. The van der Waals surface area contributed by atoms with Crippen molar-refractivity contribution < 1.29 is 13.6 Å². The first-order valence-electron chi connectivity index (χ1n) is 5.69. The van der Waals surface area contributed by atoms with Crippen molar-refractivity contribution in [1.82, 2.24) is 5.43 Å². The Hall–Kier alpha value is -1.44. The molecule has 0 aliphatic rings. The first kappa shape index (κ1) is 15.0. The number of hydrazine groups is 1. The van der Waals surface area contributed by atoms with Gasteiger partial charge in [-0.15, -0.1) is 23.1 Å². The average molecular weight is 314 g/mol. The third-order valence-corrected chi connectivity index (χ3v) is 4.82. The Morgan fingerprint density at radius 2 is 2.15 bits per heavy atom.